The lowest BCUT2D eigenvalue weighted by molar-refractivity contribution is -0.394. The Morgan fingerprint density at radius 1 is 1.04 bits per heavy atom. The molecule has 144 valence electrons. The first-order chi connectivity index (χ1) is 12.3. The van der Waals surface area contributed by atoms with E-state index < -0.39 is 38.6 Å². The van der Waals surface area contributed by atoms with Gasteiger partial charge in [0.2, 0.25) is 0 Å². The van der Waals surface area contributed by atoms with E-state index in [2.05, 4.69) is 21.2 Å². The number of hydrogen-bond acceptors (Lipinski definition) is 5. The topological polar surface area (TPSA) is 98.3 Å². The summed E-state index contributed by atoms with van der Waals surface area (Å²) in [6, 6.07) is 2.37. The van der Waals surface area contributed by atoms with Crippen molar-refractivity contribution in [2.45, 2.75) is 20.0 Å². The Morgan fingerprint density at radius 3 is 2.11 bits per heavy atom. The number of nitrogens with zero attached hydrogens (tertiary/aromatic N) is 2. The molecule has 0 bridgehead atoms. The molecule has 0 spiro atoms. The summed E-state index contributed by atoms with van der Waals surface area (Å²) in [5, 5.41) is 24.6. The second-order valence-electron chi connectivity index (χ2n) is 5.54. The summed E-state index contributed by atoms with van der Waals surface area (Å²) in [6.45, 7) is 3.27. The molecule has 0 aliphatic rings. The van der Waals surface area contributed by atoms with Crippen molar-refractivity contribution >= 4 is 50.3 Å². The number of nitro benzene ring substituents is 2. The van der Waals surface area contributed by atoms with Crippen LogP contribution >= 0.6 is 27.5 Å². The molecule has 0 saturated heterocycles. The van der Waals surface area contributed by atoms with E-state index >= 15 is 0 Å². The fourth-order valence-electron chi connectivity index (χ4n) is 2.39. The highest BCUT2D eigenvalue weighted by Gasteiger charge is 2.40. The first-order valence-corrected chi connectivity index (χ1v) is 8.28. The number of hydrogen-bond donors (Lipinski definition) is 1. The smallest absolute Gasteiger partial charge is 0.347 e. The average Bonchev–Trinajstić information content (AvgIpc) is 2.55. The maximum absolute atomic E-state index is 13.5. The average molecular weight is 469 g/mol. The van der Waals surface area contributed by atoms with E-state index in [1.54, 1.807) is 19.9 Å². The minimum atomic E-state index is -5.09. The number of benzene rings is 2. The van der Waals surface area contributed by atoms with E-state index in [1.807, 2.05) is 0 Å². The summed E-state index contributed by atoms with van der Waals surface area (Å²) in [5.74, 6) is 0. The lowest BCUT2D eigenvalue weighted by atomic mass is 10.1. The predicted octanol–water partition coefficient (Wildman–Crippen LogP) is 6.30. The van der Waals surface area contributed by atoms with E-state index in [9.17, 15) is 33.4 Å². The zero-order valence-electron chi connectivity index (χ0n) is 13.6. The predicted molar refractivity (Wildman–Crippen MR) is 96.7 cm³/mol. The highest BCUT2D eigenvalue weighted by atomic mass is 79.9. The third kappa shape index (κ3) is 4.14. The number of nitrogens with one attached hydrogen (secondary N) is 1. The number of nitro groups is 2. The van der Waals surface area contributed by atoms with Gasteiger partial charge in [0, 0.05) is 10.5 Å². The zero-order chi connectivity index (χ0) is 20.7. The Kier molecular flexibility index (Phi) is 5.66. The van der Waals surface area contributed by atoms with Gasteiger partial charge in [-0.15, -0.1) is 0 Å². The third-order valence-corrected chi connectivity index (χ3v) is 5.14. The molecule has 0 fully saturated rings. The molecule has 0 radical (unpaired) electrons. The van der Waals surface area contributed by atoms with Gasteiger partial charge in [-0.3, -0.25) is 20.2 Å². The summed E-state index contributed by atoms with van der Waals surface area (Å²) in [4.78, 5) is 19.9. The van der Waals surface area contributed by atoms with Gasteiger partial charge in [-0.2, -0.15) is 13.2 Å². The van der Waals surface area contributed by atoms with Gasteiger partial charge in [-0.25, -0.2) is 0 Å². The Labute approximate surface area is 163 Å². The van der Waals surface area contributed by atoms with Crippen molar-refractivity contribution in [2.75, 3.05) is 5.32 Å². The fourth-order valence-corrected chi connectivity index (χ4v) is 3.12. The zero-order valence-corrected chi connectivity index (χ0v) is 16.0. The summed E-state index contributed by atoms with van der Waals surface area (Å²) < 4.78 is 40.7. The number of aryl methyl sites for hydroxylation is 2. The summed E-state index contributed by atoms with van der Waals surface area (Å²) in [6.07, 6.45) is -5.09. The quantitative estimate of drug-likeness (QED) is 0.419. The number of rotatable bonds is 4. The number of anilines is 2. The molecule has 0 amide bonds. The molecule has 1 N–H and O–H groups in total. The molecule has 0 heterocycles. The summed E-state index contributed by atoms with van der Waals surface area (Å²) >= 11 is 9.34. The lowest BCUT2D eigenvalue weighted by Gasteiger charge is -2.18. The summed E-state index contributed by atoms with van der Waals surface area (Å²) in [7, 11) is 0. The Bertz CT molecular complexity index is 940. The number of alkyl halides is 3. The van der Waals surface area contributed by atoms with Gasteiger partial charge in [0.1, 0.15) is 5.69 Å². The van der Waals surface area contributed by atoms with Crippen LogP contribution in [0.2, 0.25) is 5.02 Å². The Balaban J connectivity index is 2.84. The molecular weight excluding hydrogens is 459 g/mol. The van der Waals surface area contributed by atoms with Gasteiger partial charge in [-0.1, -0.05) is 17.7 Å². The molecule has 0 aliphatic heterocycles. The first kappa shape index (κ1) is 20.9. The van der Waals surface area contributed by atoms with E-state index in [0.29, 0.717) is 21.7 Å². The second kappa shape index (κ2) is 7.31. The van der Waals surface area contributed by atoms with Gasteiger partial charge in [0.05, 0.1) is 32.2 Å². The minimum Gasteiger partial charge on any atom is -0.347 e. The van der Waals surface area contributed by atoms with Crippen molar-refractivity contribution in [1.29, 1.82) is 0 Å². The molecule has 0 unspecified atom stereocenters. The van der Waals surface area contributed by atoms with Crippen molar-refractivity contribution in [3.05, 3.63) is 64.6 Å². The van der Waals surface area contributed by atoms with Gasteiger partial charge in [0.25, 0.3) is 11.4 Å². The van der Waals surface area contributed by atoms with E-state index in [1.165, 1.54) is 0 Å². The highest BCUT2D eigenvalue weighted by Crippen LogP contribution is 2.46. The number of halogens is 5. The maximum Gasteiger partial charge on any atom is 0.418 e. The molecular formula is C15H10BrClF3N3O4. The molecule has 2 aromatic rings. The van der Waals surface area contributed by atoms with Crippen LogP contribution in [-0.2, 0) is 6.18 Å². The molecule has 27 heavy (non-hydrogen) atoms. The molecule has 0 aliphatic carbocycles. The van der Waals surface area contributed by atoms with Crippen LogP contribution in [0, 0.1) is 34.1 Å². The van der Waals surface area contributed by atoms with E-state index in [0.717, 1.165) is 0 Å². The van der Waals surface area contributed by atoms with Crippen LogP contribution in [0.5, 0.6) is 0 Å². The van der Waals surface area contributed by atoms with Crippen LogP contribution in [0.15, 0.2) is 22.7 Å². The van der Waals surface area contributed by atoms with Crippen LogP contribution in [0.1, 0.15) is 16.7 Å². The van der Waals surface area contributed by atoms with Gasteiger partial charge in [-0.05, 0) is 40.9 Å². The molecule has 7 nitrogen and oxygen atoms in total. The standard InChI is InChI=1S/C15H10BrClF3N3O4/c1-6-3-7(2)12(17)14(11(6)16)21-13-9(15(18,19)20)4-8(22(24)25)5-10(13)23(26)27/h3-5,21H,1-2H3. The second-order valence-corrected chi connectivity index (χ2v) is 6.71. The highest BCUT2D eigenvalue weighted by molar-refractivity contribution is 9.10. The van der Waals surface area contributed by atoms with Crippen molar-refractivity contribution in [1.82, 2.24) is 0 Å². The van der Waals surface area contributed by atoms with Crippen molar-refractivity contribution < 1.29 is 23.0 Å². The van der Waals surface area contributed by atoms with Crippen molar-refractivity contribution in [2.24, 2.45) is 0 Å². The van der Waals surface area contributed by atoms with Crippen LogP contribution in [0.25, 0.3) is 0 Å². The third-order valence-electron chi connectivity index (χ3n) is 3.63. The molecule has 0 atom stereocenters. The first-order valence-electron chi connectivity index (χ1n) is 7.10. The molecule has 0 aromatic heterocycles. The molecule has 12 heteroatoms. The Hall–Kier alpha value is -2.40. The molecule has 2 rings (SSSR count). The number of non-ortho nitro benzene ring substituents is 1. The normalized spacial score (nSPS) is 11.4. The van der Waals surface area contributed by atoms with Crippen LogP contribution in [-0.4, -0.2) is 9.85 Å². The minimum absolute atomic E-state index is 0.0170. The lowest BCUT2D eigenvalue weighted by Crippen LogP contribution is -2.12. The molecule has 0 saturated carbocycles. The van der Waals surface area contributed by atoms with E-state index in [4.69, 9.17) is 11.6 Å². The van der Waals surface area contributed by atoms with Crippen LogP contribution < -0.4 is 5.32 Å². The van der Waals surface area contributed by atoms with Crippen LogP contribution in [0.4, 0.5) is 35.9 Å². The van der Waals surface area contributed by atoms with Crippen LogP contribution in [0.3, 0.4) is 0 Å². The fraction of sp³-hybridized carbons (Fsp3) is 0.200. The van der Waals surface area contributed by atoms with Gasteiger partial charge < -0.3 is 5.32 Å². The molecule has 2 aromatic carbocycles. The Morgan fingerprint density at radius 2 is 1.63 bits per heavy atom. The monoisotopic (exact) mass is 467 g/mol. The van der Waals surface area contributed by atoms with Crippen molar-refractivity contribution in [3.63, 3.8) is 0 Å². The van der Waals surface area contributed by atoms with Crippen molar-refractivity contribution in [3.8, 4) is 0 Å². The summed E-state index contributed by atoms with van der Waals surface area (Å²) in [5.41, 5.74) is -3.51. The maximum atomic E-state index is 13.5. The SMILES string of the molecule is Cc1cc(C)c(Br)c(Nc2c([N+](=O)[O-])cc([N+](=O)[O-])cc2C(F)(F)F)c1Cl. The van der Waals surface area contributed by atoms with Gasteiger partial charge in [0.15, 0.2) is 0 Å². The van der Waals surface area contributed by atoms with E-state index in [-0.39, 0.29) is 16.8 Å². The van der Waals surface area contributed by atoms with Gasteiger partial charge >= 0.3 is 6.18 Å². The largest absolute Gasteiger partial charge is 0.418 e.